The second-order valence-corrected chi connectivity index (χ2v) is 6.10. The molecular weight excluding hydrogens is 238 g/mol. The van der Waals surface area contributed by atoms with Gasteiger partial charge in [-0.2, -0.15) is 0 Å². The summed E-state index contributed by atoms with van der Waals surface area (Å²) in [5.74, 6) is 0.876. The van der Waals surface area contributed by atoms with Gasteiger partial charge in [0, 0.05) is 12.1 Å². The Bertz CT molecular complexity index is 381. The number of benzene rings is 1. The molecule has 1 rings (SSSR count). The van der Waals surface area contributed by atoms with Crippen LogP contribution in [0.5, 0.6) is 5.75 Å². The van der Waals surface area contributed by atoms with Crippen LogP contribution in [-0.2, 0) is 6.42 Å². The van der Waals surface area contributed by atoms with Gasteiger partial charge in [-0.15, -0.1) is 0 Å². The van der Waals surface area contributed by atoms with Crippen molar-refractivity contribution in [3.8, 4) is 5.75 Å². The zero-order valence-electron chi connectivity index (χ0n) is 12.6. The van der Waals surface area contributed by atoms with E-state index in [0.717, 1.165) is 25.0 Å². The van der Waals surface area contributed by atoms with Gasteiger partial charge in [0.1, 0.15) is 5.75 Å². The SMILES string of the molecule is COc1ccc(CCC(C)(CCO)C(C)(C)N)cc1. The Kier molecular flexibility index (Phi) is 5.39. The zero-order valence-corrected chi connectivity index (χ0v) is 12.6. The smallest absolute Gasteiger partial charge is 0.118 e. The van der Waals surface area contributed by atoms with Gasteiger partial charge in [0.05, 0.1) is 7.11 Å². The number of aliphatic hydroxyl groups is 1. The van der Waals surface area contributed by atoms with Crippen molar-refractivity contribution < 1.29 is 9.84 Å². The number of aryl methyl sites for hydroxylation is 1. The molecule has 0 heterocycles. The number of nitrogens with two attached hydrogens (primary N) is 1. The highest BCUT2D eigenvalue weighted by molar-refractivity contribution is 5.27. The van der Waals surface area contributed by atoms with E-state index < -0.39 is 0 Å². The monoisotopic (exact) mass is 265 g/mol. The van der Waals surface area contributed by atoms with Crippen LogP contribution < -0.4 is 10.5 Å². The summed E-state index contributed by atoms with van der Waals surface area (Å²) in [6, 6.07) is 8.13. The fraction of sp³-hybridized carbons (Fsp3) is 0.625. The van der Waals surface area contributed by atoms with Gasteiger partial charge in [-0.05, 0) is 56.2 Å². The molecule has 1 aromatic carbocycles. The largest absolute Gasteiger partial charge is 0.497 e. The van der Waals surface area contributed by atoms with Crippen molar-refractivity contribution in [3.63, 3.8) is 0 Å². The summed E-state index contributed by atoms with van der Waals surface area (Å²) in [7, 11) is 1.67. The molecule has 0 amide bonds. The Hall–Kier alpha value is -1.06. The number of aliphatic hydroxyl groups excluding tert-OH is 1. The molecule has 0 saturated heterocycles. The van der Waals surface area contributed by atoms with E-state index in [2.05, 4.69) is 19.1 Å². The minimum absolute atomic E-state index is 0.0678. The van der Waals surface area contributed by atoms with E-state index >= 15 is 0 Å². The lowest BCUT2D eigenvalue weighted by atomic mass is 9.68. The van der Waals surface area contributed by atoms with Crippen molar-refractivity contribution in [2.75, 3.05) is 13.7 Å². The first-order valence-corrected chi connectivity index (χ1v) is 6.85. The van der Waals surface area contributed by atoms with Crippen LogP contribution in [0.25, 0.3) is 0 Å². The predicted molar refractivity (Wildman–Crippen MR) is 79.4 cm³/mol. The summed E-state index contributed by atoms with van der Waals surface area (Å²) in [4.78, 5) is 0. The summed E-state index contributed by atoms with van der Waals surface area (Å²) in [6.07, 6.45) is 2.65. The molecule has 3 heteroatoms. The highest BCUT2D eigenvalue weighted by Crippen LogP contribution is 2.37. The zero-order chi connectivity index (χ0) is 14.5. The highest BCUT2D eigenvalue weighted by atomic mass is 16.5. The summed E-state index contributed by atoms with van der Waals surface area (Å²) in [5, 5.41) is 9.26. The molecule has 0 spiro atoms. The average molecular weight is 265 g/mol. The maximum atomic E-state index is 9.26. The van der Waals surface area contributed by atoms with E-state index in [4.69, 9.17) is 10.5 Å². The molecule has 0 saturated carbocycles. The molecule has 1 aromatic rings. The molecule has 1 unspecified atom stereocenters. The van der Waals surface area contributed by atoms with Crippen LogP contribution in [0.2, 0.25) is 0 Å². The van der Waals surface area contributed by atoms with Gasteiger partial charge >= 0.3 is 0 Å². The van der Waals surface area contributed by atoms with E-state index in [1.165, 1.54) is 5.56 Å². The van der Waals surface area contributed by atoms with Crippen LogP contribution in [0.4, 0.5) is 0 Å². The van der Waals surface area contributed by atoms with Gasteiger partial charge in [-0.3, -0.25) is 0 Å². The summed E-state index contributed by atoms with van der Waals surface area (Å²) in [5.41, 5.74) is 7.18. The lowest BCUT2D eigenvalue weighted by molar-refractivity contribution is 0.109. The molecule has 1 atom stereocenters. The highest BCUT2D eigenvalue weighted by Gasteiger charge is 2.36. The lowest BCUT2D eigenvalue weighted by Crippen LogP contribution is -2.49. The van der Waals surface area contributed by atoms with E-state index in [0.29, 0.717) is 0 Å². The molecular formula is C16H27NO2. The van der Waals surface area contributed by atoms with E-state index in [1.54, 1.807) is 7.11 Å². The molecule has 0 aromatic heterocycles. The fourth-order valence-corrected chi connectivity index (χ4v) is 2.23. The van der Waals surface area contributed by atoms with Gasteiger partial charge in [0.2, 0.25) is 0 Å². The Morgan fingerprint density at radius 3 is 2.11 bits per heavy atom. The number of ether oxygens (including phenoxy) is 1. The van der Waals surface area contributed by atoms with Gasteiger partial charge in [-0.25, -0.2) is 0 Å². The minimum Gasteiger partial charge on any atom is -0.497 e. The maximum Gasteiger partial charge on any atom is 0.118 e. The third-order valence-electron chi connectivity index (χ3n) is 4.34. The van der Waals surface area contributed by atoms with Gasteiger partial charge in [-0.1, -0.05) is 19.1 Å². The second-order valence-electron chi connectivity index (χ2n) is 6.10. The molecule has 0 aliphatic rings. The minimum atomic E-state index is -0.303. The van der Waals surface area contributed by atoms with Crippen molar-refractivity contribution in [1.82, 2.24) is 0 Å². The Morgan fingerprint density at radius 1 is 1.11 bits per heavy atom. The molecule has 108 valence electrons. The molecule has 0 radical (unpaired) electrons. The van der Waals surface area contributed by atoms with E-state index in [-0.39, 0.29) is 17.6 Å². The third-order valence-corrected chi connectivity index (χ3v) is 4.34. The quantitative estimate of drug-likeness (QED) is 0.797. The fourth-order valence-electron chi connectivity index (χ4n) is 2.23. The van der Waals surface area contributed by atoms with Gasteiger partial charge < -0.3 is 15.6 Å². The normalized spacial score (nSPS) is 15.1. The Morgan fingerprint density at radius 2 is 1.68 bits per heavy atom. The molecule has 0 bridgehead atoms. The molecule has 0 aliphatic heterocycles. The third kappa shape index (κ3) is 4.22. The standard InChI is InChI=1S/C16H27NO2/c1-15(2,17)16(3,11-12-18)10-9-13-5-7-14(19-4)8-6-13/h5-8,18H,9-12,17H2,1-4H3. The van der Waals surface area contributed by atoms with Crippen molar-refractivity contribution in [2.24, 2.45) is 11.1 Å². The van der Waals surface area contributed by atoms with Gasteiger partial charge in [0.15, 0.2) is 0 Å². The maximum absolute atomic E-state index is 9.26. The number of hydrogen-bond acceptors (Lipinski definition) is 3. The van der Waals surface area contributed by atoms with E-state index in [9.17, 15) is 5.11 Å². The van der Waals surface area contributed by atoms with E-state index in [1.807, 2.05) is 26.0 Å². The van der Waals surface area contributed by atoms with Crippen LogP contribution >= 0.6 is 0 Å². The molecule has 0 aliphatic carbocycles. The van der Waals surface area contributed by atoms with Gasteiger partial charge in [0.25, 0.3) is 0 Å². The summed E-state index contributed by atoms with van der Waals surface area (Å²) >= 11 is 0. The Labute approximate surface area is 116 Å². The van der Waals surface area contributed by atoms with Crippen LogP contribution in [0.3, 0.4) is 0 Å². The first-order chi connectivity index (χ1) is 8.82. The molecule has 3 N–H and O–H groups in total. The van der Waals surface area contributed by atoms with Crippen molar-refractivity contribution in [3.05, 3.63) is 29.8 Å². The number of hydrogen-bond donors (Lipinski definition) is 2. The van der Waals surface area contributed by atoms with Crippen LogP contribution in [-0.4, -0.2) is 24.4 Å². The van der Waals surface area contributed by atoms with Crippen LogP contribution in [0.1, 0.15) is 39.2 Å². The molecule has 3 nitrogen and oxygen atoms in total. The average Bonchev–Trinajstić information content (AvgIpc) is 2.36. The Balaban J connectivity index is 2.70. The molecule has 19 heavy (non-hydrogen) atoms. The molecule has 0 fully saturated rings. The topological polar surface area (TPSA) is 55.5 Å². The lowest BCUT2D eigenvalue weighted by Gasteiger charge is -2.42. The first-order valence-electron chi connectivity index (χ1n) is 6.85. The predicted octanol–water partition coefficient (Wildman–Crippen LogP) is 2.75. The summed E-state index contributed by atoms with van der Waals surface area (Å²) < 4.78 is 5.15. The number of rotatable bonds is 7. The van der Waals surface area contributed by atoms with Crippen LogP contribution in [0.15, 0.2) is 24.3 Å². The van der Waals surface area contributed by atoms with Crippen molar-refractivity contribution in [2.45, 2.75) is 45.6 Å². The number of methoxy groups -OCH3 is 1. The van der Waals surface area contributed by atoms with Crippen molar-refractivity contribution in [1.29, 1.82) is 0 Å². The first kappa shape index (κ1) is 16.0. The van der Waals surface area contributed by atoms with Crippen molar-refractivity contribution >= 4 is 0 Å². The second kappa shape index (κ2) is 6.40. The summed E-state index contributed by atoms with van der Waals surface area (Å²) in [6.45, 7) is 6.42. The van der Waals surface area contributed by atoms with Crippen LogP contribution in [0, 0.1) is 5.41 Å².